The summed E-state index contributed by atoms with van der Waals surface area (Å²) in [7, 11) is 0. The van der Waals surface area contributed by atoms with Crippen molar-refractivity contribution in [2.75, 3.05) is 5.73 Å². The number of hydrogen-bond acceptors (Lipinski definition) is 3. The maximum Gasteiger partial charge on any atom is 0.416 e. The van der Waals surface area contributed by atoms with E-state index in [-0.39, 0.29) is 5.69 Å². The second kappa shape index (κ2) is 6.45. The van der Waals surface area contributed by atoms with Gasteiger partial charge in [0.25, 0.3) is 0 Å². The number of alkyl halides is 3. The first-order valence-electron chi connectivity index (χ1n) is 5.72. The molecule has 0 aliphatic heterocycles. The topological polar surface area (TPSA) is 64.1 Å². The average molecular weight is 271 g/mol. The molecule has 0 spiro atoms. The van der Waals surface area contributed by atoms with Crippen molar-refractivity contribution in [2.24, 2.45) is 5.84 Å². The molecular weight excluding hydrogens is 255 g/mol. The van der Waals surface area contributed by atoms with Crippen LogP contribution in [0, 0.1) is 11.8 Å². The highest BCUT2D eigenvalue weighted by Crippen LogP contribution is 2.33. The van der Waals surface area contributed by atoms with Crippen LogP contribution in [-0.4, -0.2) is 0 Å². The van der Waals surface area contributed by atoms with Crippen molar-refractivity contribution in [3.63, 3.8) is 0 Å². The second-order valence-electron chi connectivity index (χ2n) is 4.03. The van der Waals surface area contributed by atoms with Gasteiger partial charge in [-0.15, -0.1) is 11.8 Å². The number of nitrogen functional groups attached to an aromatic ring is 1. The summed E-state index contributed by atoms with van der Waals surface area (Å²) in [6.45, 7) is 1.70. The van der Waals surface area contributed by atoms with Crippen LogP contribution in [0.2, 0.25) is 0 Å². The molecule has 0 heterocycles. The third kappa shape index (κ3) is 4.16. The van der Waals surface area contributed by atoms with Crippen LogP contribution in [-0.2, 0) is 6.18 Å². The molecule has 0 aromatic heterocycles. The molecule has 6 heteroatoms. The first-order valence-corrected chi connectivity index (χ1v) is 5.72. The van der Waals surface area contributed by atoms with Gasteiger partial charge >= 0.3 is 6.18 Å². The summed E-state index contributed by atoms with van der Waals surface area (Å²) < 4.78 is 38.0. The third-order valence-electron chi connectivity index (χ3n) is 2.73. The Kier molecular flexibility index (Phi) is 5.21. The minimum Gasteiger partial charge on any atom is -0.398 e. The van der Waals surface area contributed by atoms with E-state index < -0.39 is 17.8 Å². The fraction of sp³-hybridized carbons (Fsp3) is 0.385. The van der Waals surface area contributed by atoms with E-state index in [0.717, 1.165) is 12.1 Å². The zero-order valence-corrected chi connectivity index (χ0v) is 10.5. The molecule has 1 aromatic rings. The predicted molar refractivity (Wildman–Crippen MR) is 68.6 cm³/mol. The molecule has 0 saturated carbocycles. The molecule has 1 aromatic carbocycles. The fourth-order valence-corrected chi connectivity index (χ4v) is 1.72. The van der Waals surface area contributed by atoms with Gasteiger partial charge in [-0.1, -0.05) is 0 Å². The van der Waals surface area contributed by atoms with E-state index in [1.165, 1.54) is 6.07 Å². The SMILES string of the molecule is CC#CCCC(NN)c1cc(C(F)(F)F)ccc1N. The van der Waals surface area contributed by atoms with Crippen LogP contribution in [0.25, 0.3) is 0 Å². The molecular formula is C13H16F3N3. The number of nitrogens with two attached hydrogens (primary N) is 2. The molecule has 5 N–H and O–H groups in total. The highest BCUT2D eigenvalue weighted by Gasteiger charge is 2.31. The number of nitrogens with one attached hydrogen (secondary N) is 1. The van der Waals surface area contributed by atoms with E-state index in [4.69, 9.17) is 11.6 Å². The molecule has 3 nitrogen and oxygen atoms in total. The number of halogens is 3. The van der Waals surface area contributed by atoms with E-state index >= 15 is 0 Å². The monoisotopic (exact) mass is 271 g/mol. The Hall–Kier alpha value is -1.71. The minimum atomic E-state index is -4.40. The number of hydrazine groups is 1. The summed E-state index contributed by atoms with van der Waals surface area (Å²) in [5.41, 5.74) is 8.08. The summed E-state index contributed by atoms with van der Waals surface area (Å²) in [5, 5.41) is 0. The molecule has 0 amide bonds. The van der Waals surface area contributed by atoms with Crippen LogP contribution in [0.3, 0.4) is 0 Å². The Bertz CT molecular complexity index is 486. The van der Waals surface area contributed by atoms with Crippen LogP contribution in [0.4, 0.5) is 18.9 Å². The first-order chi connectivity index (χ1) is 8.90. The molecule has 0 aliphatic rings. The Morgan fingerprint density at radius 3 is 2.58 bits per heavy atom. The largest absolute Gasteiger partial charge is 0.416 e. The van der Waals surface area contributed by atoms with Gasteiger partial charge in [-0.2, -0.15) is 13.2 Å². The van der Waals surface area contributed by atoms with Gasteiger partial charge in [-0.25, -0.2) is 0 Å². The number of hydrogen-bond donors (Lipinski definition) is 3. The van der Waals surface area contributed by atoms with Crippen LogP contribution in [0.15, 0.2) is 18.2 Å². The number of anilines is 1. The van der Waals surface area contributed by atoms with Crippen molar-refractivity contribution in [2.45, 2.75) is 32.0 Å². The molecule has 0 bridgehead atoms. The van der Waals surface area contributed by atoms with Gasteiger partial charge in [0.05, 0.1) is 5.56 Å². The molecule has 0 radical (unpaired) electrons. The van der Waals surface area contributed by atoms with Gasteiger partial charge in [-0.05, 0) is 37.1 Å². The van der Waals surface area contributed by atoms with E-state index in [2.05, 4.69) is 17.3 Å². The Morgan fingerprint density at radius 1 is 1.37 bits per heavy atom. The van der Waals surface area contributed by atoms with Gasteiger partial charge in [0.2, 0.25) is 0 Å². The van der Waals surface area contributed by atoms with E-state index in [1.54, 1.807) is 6.92 Å². The van der Waals surface area contributed by atoms with Crippen LogP contribution >= 0.6 is 0 Å². The Labute approximate surface area is 110 Å². The lowest BCUT2D eigenvalue weighted by atomic mass is 9.98. The second-order valence-corrected chi connectivity index (χ2v) is 4.03. The van der Waals surface area contributed by atoms with Crippen molar-refractivity contribution in [1.82, 2.24) is 5.43 Å². The van der Waals surface area contributed by atoms with Gasteiger partial charge in [0, 0.05) is 18.2 Å². The smallest absolute Gasteiger partial charge is 0.398 e. The summed E-state index contributed by atoms with van der Waals surface area (Å²) >= 11 is 0. The maximum absolute atomic E-state index is 12.7. The molecule has 0 saturated heterocycles. The van der Waals surface area contributed by atoms with E-state index in [1.807, 2.05) is 0 Å². The van der Waals surface area contributed by atoms with Gasteiger partial charge in [0.15, 0.2) is 0 Å². The Balaban J connectivity index is 3.04. The van der Waals surface area contributed by atoms with Crippen molar-refractivity contribution in [1.29, 1.82) is 0 Å². The maximum atomic E-state index is 12.7. The molecule has 1 unspecified atom stereocenters. The molecule has 0 aliphatic carbocycles. The number of rotatable bonds is 4. The zero-order valence-electron chi connectivity index (χ0n) is 10.5. The highest BCUT2D eigenvalue weighted by atomic mass is 19.4. The van der Waals surface area contributed by atoms with Crippen molar-refractivity contribution < 1.29 is 13.2 Å². The normalized spacial score (nSPS) is 12.7. The predicted octanol–water partition coefficient (Wildman–Crippen LogP) is 2.60. The molecule has 19 heavy (non-hydrogen) atoms. The van der Waals surface area contributed by atoms with E-state index in [0.29, 0.717) is 18.4 Å². The lowest BCUT2D eigenvalue weighted by Crippen LogP contribution is -2.29. The van der Waals surface area contributed by atoms with Crippen molar-refractivity contribution >= 4 is 5.69 Å². The molecule has 1 rings (SSSR count). The summed E-state index contributed by atoms with van der Waals surface area (Å²) in [6.07, 6.45) is -3.38. The quantitative estimate of drug-likeness (QED) is 0.341. The molecule has 104 valence electrons. The minimum absolute atomic E-state index is 0.278. The standard InChI is InChI=1S/C13H16F3N3/c1-2-3-4-5-12(19-18)10-8-9(13(14,15)16)6-7-11(10)17/h6-8,12,19H,4-5,17-18H2,1H3. The fourth-order valence-electron chi connectivity index (χ4n) is 1.72. The lowest BCUT2D eigenvalue weighted by Gasteiger charge is -2.19. The van der Waals surface area contributed by atoms with Gasteiger partial charge in [0.1, 0.15) is 0 Å². The average Bonchev–Trinajstić information content (AvgIpc) is 2.34. The van der Waals surface area contributed by atoms with Crippen LogP contribution in [0.1, 0.15) is 36.9 Å². The highest BCUT2D eigenvalue weighted by molar-refractivity contribution is 5.50. The van der Waals surface area contributed by atoms with Crippen molar-refractivity contribution in [3.8, 4) is 11.8 Å². The molecule has 1 atom stereocenters. The van der Waals surface area contributed by atoms with Gasteiger partial charge in [-0.3, -0.25) is 11.3 Å². The summed E-state index contributed by atoms with van der Waals surface area (Å²) in [6, 6.07) is 2.77. The van der Waals surface area contributed by atoms with Gasteiger partial charge < -0.3 is 5.73 Å². The zero-order chi connectivity index (χ0) is 14.5. The van der Waals surface area contributed by atoms with E-state index in [9.17, 15) is 13.2 Å². The van der Waals surface area contributed by atoms with Crippen LogP contribution < -0.4 is 17.0 Å². The lowest BCUT2D eigenvalue weighted by molar-refractivity contribution is -0.137. The number of benzene rings is 1. The molecule has 0 fully saturated rings. The summed E-state index contributed by atoms with van der Waals surface area (Å²) in [5.74, 6) is 10.9. The third-order valence-corrected chi connectivity index (χ3v) is 2.73. The van der Waals surface area contributed by atoms with Crippen LogP contribution in [0.5, 0.6) is 0 Å². The first kappa shape index (κ1) is 15.3. The van der Waals surface area contributed by atoms with Crippen molar-refractivity contribution in [3.05, 3.63) is 29.3 Å². The Morgan fingerprint density at radius 2 is 2.05 bits per heavy atom. The summed E-state index contributed by atoms with van der Waals surface area (Å²) in [4.78, 5) is 0.